The first-order valence-corrected chi connectivity index (χ1v) is 10.6. The lowest BCUT2D eigenvalue weighted by atomic mass is 9.87. The molecule has 3 aromatic rings. The molecule has 2 aromatic carbocycles. The van der Waals surface area contributed by atoms with Crippen LogP contribution in [-0.2, 0) is 23.6 Å². The third-order valence-electron chi connectivity index (χ3n) is 5.03. The Hall–Kier alpha value is -2.35. The number of aryl methyl sites for hydroxylation is 1. The van der Waals surface area contributed by atoms with Gasteiger partial charge in [0.2, 0.25) is 10.0 Å². The normalized spacial score (nSPS) is 17.3. The third kappa shape index (κ3) is 3.30. The highest BCUT2D eigenvalue weighted by atomic mass is 35.5. The van der Waals surface area contributed by atoms with E-state index in [-0.39, 0.29) is 16.6 Å². The van der Waals surface area contributed by atoms with Crippen LogP contribution in [0.4, 0.5) is 0 Å². The molecule has 6 nitrogen and oxygen atoms in total. The molecule has 0 spiro atoms. The van der Waals surface area contributed by atoms with Crippen molar-refractivity contribution in [2.45, 2.75) is 17.4 Å². The van der Waals surface area contributed by atoms with Crippen LogP contribution in [0, 0.1) is 0 Å². The Labute approximate surface area is 169 Å². The fourth-order valence-electron chi connectivity index (χ4n) is 3.65. The zero-order chi connectivity index (χ0) is 19.9. The zero-order valence-electron chi connectivity index (χ0n) is 15.5. The Bertz CT molecular complexity index is 1130. The van der Waals surface area contributed by atoms with Gasteiger partial charge in [0.05, 0.1) is 13.3 Å². The smallest absolute Gasteiger partial charge is 0.247 e. The Kier molecular flexibility index (Phi) is 4.91. The standard InChI is InChI=1S/C20H20ClN3O3S/c1-23-11-15(10-22-23)18-13-24(12-14-5-3-4-6-17(14)18)28(25,26)20-9-16(21)7-8-19(20)27-2/h3-11,18H,12-13H2,1-2H3. The fourth-order valence-corrected chi connectivity index (χ4v) is 5.50. The number of fused-ring (bicyclic) bond motifs is 1. The number of methoxy groups -OCH3 is 1. The molecule has 4 rings (SSSR count). The van der Waals surface area contributed by atoms with Crippen molar-refractivity contribution in [1.82, 2.24) is 14.1 Å². The van der Waals surface area contributed by atoms with Crippen molar-refractivity contribution in [3.63, 3.8) is 0 Å². The van der Waals surface area contributed by atoms with E-state index in [1.165, 1.54) is 17.5 Å². The first-order valence-electron chi connectivity index (χ1n) is 8.80. The average Bonchev–Trinajstić information content (AvgIpc) is 3.13. The van der Waals surface area contributed by atoms with Gasteiger partial charge in [0.1, 0.15) is 10.6 Å². The van der Waals surface area contributed by atoms with Gasteiger partial charge in [-0.15, -0.1) is 0 Å². The Morgan fingerprint density at radius 1 is 1.21 bits per heavy atom. The number of ether oxygens (including phenoxy) is 1. The maximum Gasteiger partial charge on any atom is 0.247 e. The molecule has 0 saturated carbocycles. The summed E-state index contributed by atoms with van der Waals surface area (Å²) in [4.78, 5) is 0.0758. The first-order chi connectivity index (χ1) is 13.4. The van der Waals surface area contributed by atoms with E-state index in [4.69, 9.17) is 16.3 Å². The van der Waals surface area contributed by atoms with Crippen molar-refractivity contribution >= 4 is 21.6 Å². The summed E-state index contributed by atoms with van der Waals surface area (Å²) in [6.45, 7) is 0.617. The van der Waals surface area contributed by atoms with Crippen LogP contribution in [0.2, 0.25) is 5.02 Å². The largest absolute Gasteiger partial charge is 0.495 e. The van der Waals surface area contributed by atoms with Gasteiger partial charge in [-0.2, -0.15) is 9.40 Å². The second kappa shape index (κ2) is 7.24. The number of hydrogen-bond donors (Lipinski definition) is 0. The lowest BCUT2D eigenvalue weighted by molar-refractivity contribution is 0.364. The molecule has 1 unspecified atom stereocenters. The molecule has 146 valence electrons. The number of benzene rings is 2. The van der Waals surface area contributed by atoms with Crippen molar-refractivity contribution in [3.05, 3.63) is 76.6 Å². The van der Waals surface area contributed by atoms with E-state index in [1.54, 1.807) is 23.0 Å². The molecule has 1 aromatic heterocycles. The average molecular weight is 418 g/mol. The van der Waals surface area contributed by atoms with E-state index in [1.807, 2.05) is 31.4 Å². The van der Waals surface area contributed by atoms with Crippen LogP contribution in [0.25, 0.3) is 0 Å². The van der Waals surface area contributed by atoms with Crippen molar-refractivity contribution in [1.29, 1.82) is 0 Å². The SMILES string of the molecule is COc1ccc(Cl)cc1S(=O)(=O)N1Cc2ccccc2C(c2cnn(C)c2)C1. The lowest BCUT2D eigenvalue weighted by Gasteiger charge is -2.34. The van der Waals surface area contributed by atoms with Gasteiger partial charge in [-0.1, -0.05) is 35.9 Å². The van der Waals surface area contributed by atoms with Crippen LogP contribution in [0.1, 0.15) is 22.6 Å². The van der Waals surface area contributed by atoms with Crippen LogP contribution in [0.15, 0.2) is 59.8 Å². The second-order valence-corrected chi connectivity index (χ2v) is 9.13. The van der Waals surface area contributed by atoms with Crippen LogP contribution in [0.3, 0.4) is 0 Å². The van der Waals surface area contributed by atoms with E-state index >= 15 is 0 Å². The quantitative estimate of drug-likeness (QED) is 0.652. The molecule has 2 heterocycles. The van der Waals surface area contributed by atoms with Gasteiger partial charge in [0.25, 0.3) is 0 Å². The number of aromatic nitrogens is 2. The summed E-state index contributed by atoms with van der Waals surface area (Å²) in [5, 5.41) is 4.61. The Morgan fingerprint density at radius 3 is 2.71 bits per heavy atom. The maximum atomic E-state index is 13.5. The van der Waals surface area contributed by atoms with Gasteiger partial charge >= 0.3 is 0 Å². The lowest BCUT2D eigenvalue weighted by Crippen LogP contribution is -2.38. The molecule has 0 fully saturated rings. The molecule has 1 aliphatic heterocycles. The molecular weight excluding hydrogens is 398 g/mol. The molecule has 0 amide bonds. The molecule has 0 bridgehead atoms. The van der Waals surface area contributed by atoms with Crippen molar-refractivity contribution in [3.8, 4) is 5.75 Å². The van der Waals surface area contributed by atoms with Gasteiger partial charge in [0, 0.05) is 37.3 Å². The van der Waals surface area contributed by atoms with E-state index in [9.17, 15) is 8.42 Å². The van der Waals surface area contributed by atoms with Crippen LogP contribution in [0.5, 0.6) is 5.75 Å². The van der Waals surface area contributed by atoms with E-state index in [2.05, 4.69) is 11.2 Å². The summed E-state index contributed by atoms with van der Waals surface area (Å²) in [5.41, 5.74) is 3.08. The Morgan fingerprint density at radius 2 is 2.00 bits per heavy atom. The molecule has 1 atom stereocenters. The predicted octanol–water partition coefficient (Wildman–Crippen LogP) is 3.42. The monoisotopic (exact) mass is 417 g/mol. The van der Waals surface area contributed by atoms with Crippen LogP contribution < -0.4 is 4.74 Å². The van der Waals surface area contributed by atoms with E-state index in [0.717, 1.165) is 16.7 Å². The summed E-state index contributed by atoms with van der Waals surface area (Å²) < 4.78 is 35.5. The molecule has 0 saturated heterocycles. The number of sulfonamides is 1. The molecule has 0 N–H and O–H groups in total. The van der Waals surface area contributed by atoms with Gasteiger partial charge in [-0.25, -0.2) is 8.42 Å². The minimum atomic E-state index is -3.81. The van der Waals surface area contributed by atoms with E-state index < -0.39 is 10.0 Å². The maximum absolute atomic E-state index is 13.5. The molecule has 0 aliphatic carbocycles. The van der Waals surface area contributed by atoms with Gasteiger partial charge in [0.15, 0.2) is 0 Å². The number of hydrogen-bond acceptors (Lipinski definition) is 4. The van der Waals surface area contributed by atoms with Crippen LogP contribution >= 0.6 is 11.6 Å². The van der Waals surface area contributed by atoms with Crippen molar-refractivity contribution in [2.75, 3.05) is 13.7 Å². The molecule has 0 radical (unpaired) electrons. The van der Waals surface area contributed by atoms with Gasteiger partial charge < -0.3 is 4.74 Å². The molecule has 8 heteroatoms. The number of halogens is 1. The molecule has 1 aliphatic rings. The molecule has 28 heavy (non-hydrogen) atoms. The summed E-state index contributed by atoms with van der Waals surface area (Å²) in [5.74, 6) is 0.180. The summed E-state index contributed by atoms with van der Waals surface area (Å²) in [6, 6.07) is 12.6. The minimum absolute atomic E-state index is 0.0758. The fraction of sp³-hybridized carbons (Fsp3) is 0.250. The Balaban J connectivity index is 1.80. The highest BCUT2D eigenvalue weighted by Crippen LogP contribution is 2.38. The summed E-state index contributed by atoms with van der Waals surface area (Å²) in [7, 11) is -0.506. The van der Waals surface area contributed by atoms with E-state index in [0.29, 0.717) is 18.1 Å². The molecular formula is C20H20ClN3O3S. The van der Waals surface area contributed by atoms with Crippen molar-refractivity contribution < 1.29 is 13.2 Å². The highest BCUT2D eigenvalue weighted by Gasteiger charge is 2.36. The first kappa shape index (κ1) is 19.0. The topological polar surface area (TPSA) is 64.4 Å². The summed E-state index contributed by atoms with van der Waals surface area (Å²) >= 11 is 6.08. The number of nitrogens with zero attached hydrogens (tertiary/aromatic N) is 3. The summed E-state index contributed by atoms with van der Waals surface area (Å²) in [6.07, 6.45) is 3.72. The van der Waals surface area contributed by atoms with Crippen molar-refractivity contribution in [2.24, 2.45) is 7.05 Å². The second-order valence-electron chi connectivity index (χ2n) is 6.79. The zero-order valence-corrected chi connectivity index (χ0v) is 17.1. The number of rotatable bonds is 4. The third-order valence-corrected chi connectivity index (χ3v) is 7.10. The van der Waals surface area contributed by atoms with Crippen LogP contribution in [-0.4, -0.2) is 36.2 Å². The van der Waals surface area contributed by atoms with Gasteiger partial charge in [-0.05, 0) is 34.9 Å². The minimum Gasteiger partial charge on any atom is -0.495 e. The predicted molar refractivity (Wildman–Crippen MR) is 107 cm³/mol. The van der Waals surface area contributed by atoms with Gasteiger partial charge in [-0.3, -0.25) is 4.68 Å². The highest BCUT2D eigenvalue weighted by molar-refractivity contribution is 7.89.